The lowest BCUT2D eigenvalue weighted by atomic mass is 10.1. The molecule has 1 aliphatic heterocycles. The Kier molecular flexibility index (Phi) is 6.04. The van der Waals surface area contributed by atoms with Crippen LogP contribution in [0.1, 0.15) is 16.0 Å². The van der Waals surface area contributed by atoms with Crippen molar-refractivity contribution in [3.8, 4) is 0 Å². The summed E-state index contributed by atoms with van der Waals surface area (Å²) in [6.45, 7) is 4.73. The van der Waals surface area contributed by atoms with E-state index in [2.05, 4.69) is 31.6 Å². The van der Waals surface area contributed by atoms with E-state index in [1.165, 1.54) is 17.7 Å². The highest BCUT2D eigenvalue weighted by atomic mass is 32.1. The summed E-state index contributed by atoms with van der Waals surface area (Å²) in [7, 11) is 3.79. The summed E-state index contributed by atoms with van der Waals surface area (Å²) >= 11 is 1.87. The summed E-state index contributed by atoms with van der Waals surface area (Å²) < 4.78 is 13.0. The van der Waals surface area contributed by atoms with Crippen LogP contribution in [0.3, 0.4) is 0 Å². The maximum Gasteiger partial charge on any atom is 0.193 e. The van der Waals surface area contributed by atoms with E-state index in [1.807, 2.05) is 30.5 Å². The molecular weight excluding hydrogens is 335 g/mol. The lowest BCUT2D eigenvalue weighted by molar-refractivity contribution is 0.259. The van der Waals surface area contributed by atoms with Gasteiger partial charge in [0, 0.05) is 51.7 Å². The molecule has 3 rings (SSSR count). The van der Waals surface area contributed by atoms with E-state index < -0.39 is 0 Å². The maximum atomic E-state index is 13.0. The number of hydrogen-bond donors (Lipinski definition) is 1. The van der Waals surface area contributed by atoms with E-state index in [0.29, 0.717) is 6.54 Å². The van der Waals surface area contributed by atoms with Gasteiger partial charge in [-0.1, -0.05) is 12.1 Å². The third-order valence-electron chi connectivity index (χ3n) is 4.50. The number of benzene rings is 1. The lowest BCUT2D eigenvalue weighted by Crippen LogP contribution is -2.43. The molecule has 0 saturated carbocycles. The van der Waals surface area contributed by atoms with Crippen LogP contribution in [-0.4, -0.2) is 49.5 Å². The Balaban J connectivity index is 1.45. The minimum absolute atomic E-state index is 0.204. The highest BCUT2D eigenvalue weighted by Gasteiger charge is 2.16. The fraction of sp³-hybridized carbons (Fsp3) is 0.421. The minimum atomic E-state index is -0.204. The number of thiophene rings is 1. The monoisotopic (exact) mass is 360 g/mol. The van der Waals surface area contributed by atoms with Gasteiger partial charge in [-0.25, -0.2) is 4.39 Å². The molecule has 2 aromatic rings. The van der Waals surface area contributed by atoms with Gasteiger partial charge in [0.15, 0.2) is 5.96 Å². The van der Waals surface area contributed by atoms with Crippen molar-refractivity contribution in [1.82, 2.24) is 15.1 Å². The van der Waals surface area contributed by atoms with Crippen LogP contribution >= 0.6 is 11.3 Å². The Morgan fingerprint density at radius 2 is 2.12 bits per heavy atom. The van der Waals surface area contributed by atoms with Crippen molar-refractivity contribution >= 4 is 17.3 Å². The second-order valence-electron chi connectivity index (χ2n) is 6.35. The Bertz CT molecular complexity index is 710. The fourth-order valence-electron chi connectivity index (χ4n) is 3.15. The van der Waals surface area contributed by atoms with Crippen LogP contribution in [0, 0.1) is 5.82 Å². The Morgan fingerprint density at radius 1 is 1.32 bits per heavy atom. The van der Waals surface area contributed by atoms with Gasteiger partial charge in [-0.05, 0) is 41.1 Å². The smallest absolute Gasteiger partial charge is 0.193 e. The summed E-state index contributed by atoms with van der Waals surface area (Å²) in [6.07, 6.45) is 1.16. The summed E-state index contributed by atoms with van der Waals surface area (Å²) in [4.78, 5) is 10.4. The number of aliphatic imine (C=N–C) groups is 1. The van der Waals surface area contributed by atoms with Crippen LogP contribution in [0.5, 0.6) is 0 Å². The summed E-state index contributed by atoms with van der Waals surface area (Å²) in [6, 6.07) is 8.86. The molecule has 0 fully saturated rings. The lowest BCUT2D eigenvalue weighted by Gasteiger charge is -2.28. The highest BCUT2D eigenvalue weighted by molar-refractivity contribution is 7.10. The molecule has 1 N–H and O–H groups in total. The molecule has 0 atom stereocenters. The normalized spacial score (nSPS) is 15.1. The van der Waals surface area contributed by atoms with E-state index in [-0.39, 0.29) is 5.82 Å². The van der Waals surface area contributed by atoms with Crippen LogP contribution in [0.15, 0.2) is 40.7 Å². The zero-order valence-electron chi connectivity index (χ0n) is 14.8. The number of guanidine groups is 1. The first kappa shape index (κ1) is 17.9. The summed E-state index contributed by atoms with van der Waals surface area (Å²) in [5.41, 5.74) is 2.54. The van der Waals surface area contributed by atoms with Crippen LogP contribution in [0.2, 0.25) is 0 Å². The van der Waals surface area contributed by atoms with E-state index in [4.69, 9.17) is 0 Å². The standard InChI is InChI=1S/C19H25FN4S/c1-21-19(23(2)13-15-3-5-17(20)6-4-15)22-9-11-24-10-7-18-16(14-24)8-12-25-18/h3-6,8,12H,7,9-11,13-14H2,1-2H3,(H,21,22). The zero-order chi connectivity index (χ0) is 17.6. The molecule has 0 amide bonds. The number of hydrogen-bond acceptors (Lipinski definition) is 3. The van der Waals surface area contributed by atoms with Crippen molar-refractivity contribution in [3.63, 3.8) is 0 Å². The largest absolute Gasteiger partial charge is 0.355 e. The van der Waals surface area contributed by atoms with E-state index in [9.17, 15) is 4.39 Å². The number of rotatable bonds is 5. The second-order valence-corrected chi connectivity index (χ2v) is 7.35. The number of fused-ring (bicyclic) bond motifs is 1. The minimum Gasteiger partial charge on any atom is -0.355 e. The van der Waals surface area contributed by atoms with Gasteiger partial charge in [-0.15, -0.1) is 11.3 Å². The highest BCUT2D eigenvalue weighted by Crippen LogP contribution is 2.23. The first-order chi connectivity index (χ1) is 12.2. The molecule has 2 heterocycles. The van der Waals surface area contributed by atoms with Crippen molar-refractivity contribution in [2.75, 3.05) is 33.7 Å². The number of nitrogens with zero attached hydrogens (tertiary/aromatic N) is 3. The molecule has 0 spiro atoms. The average Bonchev–Trinajstić information content (AvgIpc) is 3.08. The molecular formula is C19H25FN4S. The van der Waals surface area contributed by atoms with Gasteiger partial charge in [0.1, 0.15) is 5.82 Å². The zero-order valence-corrected chi connectivity index (χ0v) is 15.7. The third-order valence-corrected chi connectivity index (χ3v) is 5.53. The Labute approximate surface area is 153 Å². The van der Waals surface area contributed by atoms with Crippen LogP contribution in [0.4, 0.5) is 4.39 Å². The van der Waals surface area contributed by atoms with Gasteiger partial charge >= 0.3 is 0 Å². The van der Waals surface area contributed by atoms with Gasteiger partial charge in [-0.3, -0.25) is 9.89 Å². The van der Waals surface area contributed by atoms with Gasteiger partial charge in [-0.2, -0.15) is 0 Å². The van der Waals surface area contributed by atoms with E-state index in [1.54, 1.807) is 11.9 Å². The number of halogens is 1. The van der Waals surface area contributed by atoms with E-state index in [0.717, 1.165) is 44.1 Å². The first-order valence-corrected chi connectivity index (χ1v) is 9.47. The van der Waals surface area contributed by atoms with Crippen LogP contribution < -0.4 is 5.32 Å². The average molecular weight is 361 g/mol. The molecule has 134 valence electrons. The molecule has 4 nitrogen and oxygen atoms in total. The van der Waals surface area contributed by atoms with Gasteiger partial charge in [0.25, 0.3) is 0 Å². The van der Waals surface area contributed by atoms with E-state index >= 15 is 0 Å². The summed E-state index contributed by atoms with van der Waals surface area (Å²) in [5.74, 6) is 0.654. The molecule has 0 saturated heterocycles. The molecule has 1 aromatic heterocycles. The molecule has 0 bridgehead atoms. The topological polar surface area (TPSA) is 30.9 Å². The fourth-order valence-corrected chi connectivity index (χ4v) is 4.04. The Morgan fingerprint density at radius 3 is 2.88 bits per heavy atom. The second kappa shape index (κ2) is 8.45. The van der Waals surface area contributed by atoms with Gasteiger partial charge in [0.2, 0.25) is 0 Å². The molecule has 25 heavy (non-hydrogen) atoms. The molecule has 0 unspecified atom stereocenters. The number of nitrogens with one attached hydrogen (secondary N) is 1. The van der Waals surface area contributed by atoms with Crippen LogP contribution in [0.25, 0.3) is 0 Å². The van der Waals surface area contributed by atoms with Crippen molar-refractivity contribution in [3.05, 3.63) is 57.5 Å². The quantitative estimate of drug-likeness (QED) is 0.657. The van der Waals surface area contributed by atoms with Gasteiger partial charge < -0.3 is 10.2 Å². The van der Waals surface area contributed by atoms with Gasteiger partial charge in [0.05, 0.1) is 0 Å². The predicted octanol–water partition coefficient (Wildman–Crippen LogP) is 2.95. The van der Waals surface area contributed by atoms with Crippen molar-refractivity contribution in [2.45, 2.75) is 19.5 Å². The molecule has 1 aromatic carbocycles. The molecule has 6 heteroatoms. The van der Waals surface area contributed by atoms with Crippen molar-refractivity contribution in [2.24, 2.45) is 4.99 Å². The maximum absolute atomic E-state index is 13.0. The predicted molar refractivity (Wildman–Crippen MR) is 103 cm³/mol. The van der Waals surface area contributed by atoms with Crippen molar-refractivity contribution in [1.29, 1.82) is 0 Å². The SMILES string of the molecule is CN=C(NCCN1CCc2sccc2C1)N(C)Cc1ccc(F)cc1. The Hall–Kier alpha value is -1.92. The molecule has 0 radical (unpaired) electrons. The first-order valence-electron chi connectivity index (χ1n) is 8.59. The van der Waals surface area contributed by atoms with Crippen molar-refractivity contribution < 1.29 is 4.39 Å². The summed E-state index contributed by atoms with van der Waals surface area (Å²) in [5, 5.41) is 5.62. The van der Waals surface area contributed by atoms with Crippen LogP contribution in [-0.2, 0) is 19.5 Å². The third kappa shape index (κ3) is 4.80. The molecule has 1 aliphatic rings. The molecule has 0 aliphatic carbocycles.